The van der Waals surface area contributed by atoms with Crippen LogP contribution >= 0.6 is 0 Å². The van der Waals surface area contributed by atoms with Crippen LogP contribution in [0.4, 0.5) is 23.0 Å². The van der Waals surface area contributed by atoms with Crippen molar-refractivity contribution in [3.8, 4) is 5.75 Å². The fraction of sp³-hybridized carbons (Fsp3) is 0.462. The summed E-state index contributed by atoms with van der Waals surface area (Å²) >= 11 is 0. The summed E-state index contributed by atoms with van der Waals surface area (Å²) in [5.41, 5.74) is 3.71. The maximum Gasteiger partial charge on any atom is 0.227 e. The Labute approximate surface area is 212 Å². The summed E-state index contributed by atoms with van der Waals surface area (Å²) in [7, 11) is -1.52. The monoisotopic (exact) mass is 510 g/mol. The van der Waals surface area contributed by atoms with E-state index in [0.717, 1.165) is 28.0 Å². The summed E-state index contributed by atoms with van der Waals surface area (Å²) in [6.45, 7) is 2.22. The van der Waals surface area contributed by atoms with E-state index in [4.69, 9.17) is 9.72 Å². The van der Waals surface area contributed by atoms with E-state index in [1.165, 1.54) is 42.7 Å². The van der Waals surface area contributed by atoms with Gasteiger partial charge in [-0.1, -0.05) is 31.4 Å². The summed E-state index contributed by atoms with van der Waals surface area (Å²) in [6.07, 6.45) is 9.36. The summed E-state index contributed by atoms with van der Waals surface area (Å²) in [6, 6.07) is 12.6. The predicted molar refractivity (Wildman–Crippen MR) is 145 cm³/mol. The number of sulfonamides is 1. The Morgan fingerprint density at radius 1 is 1.00 bits per heavy atom. The Balaban J connectivity index is 1.34. The fourth-order valence-corrected chi connectivity index (χ4v) is 5.90. The van der Waals surface area contributed by atoms with Crippen molar-refractivity contribution in [2.45, 2.75) is 38.1 Å². The zero-order valence-corrected chi connectivity index (χ0v) is 21.7. The van der Waals surface area contributed by atoms with E-state index in [1.54, 1.807) is 7.11 Å². The first-order valence-electron chi connectivity index (χ1n) is 12.6. The van der Waals surface area contributed by atoms with Crippen LogP contribution in [0.15, 0.2) is 42.6 Å². The first kappa shape index (κ1) is 24.6. The lowest BCUT2D eigenvalue weighted by molar-refractivity contribution is 0.387. The second kappa shape index (κ2) is 10.5. The standard InChI is InChI=1S/C26H34N6O3S/c1-35-24-17-21(31-13-15-32(16-14-31)36(2,33)34)11-12-22(24)29-26-27-18-19-7-6-10-23(25(19)30-26)28-20-8-4-3-5-9-20/h6-7,10-12,17-18,20,28H,3-5,8-9,13-16H2,1-2H3,(H,27,29,30). The molecule has 2 heterocycles. The zero-order chi connectivity index (χ0) is 25.1. The molecule has 1 aliphatic carbocycles. The van der Waals surface area contributed by atoms with Crippen LogP contribution in [-0.4, -0.2) is 68.3 Å². The van der Waals surface area contributed by atoms with Gasteiger partial charge in [0.2, 0.25) is 16.0 Å². The summed E-state index contributed by atoms with van der Waals surface area (Å²) in [5, 5.41) is 8.02. The van der Waals surface area contributed by atoms with Crippen molar-refractivity contribution in [1.82, 2.24) is 14.3 Å². The van der Waals surface area contributed by atoms with Crippen molar-refractivity contribution in [2.24, 2.45) is 0 Å². The van der Waals surface area contributed by atoms with Crippen LogP contribution in [0.3, 0.4) is 0 Å². The van der Waals surface area contributed by atoms with Crippen LogP contribution < -0.4 is 20.3 Å². The number of benzene rings is 2. The molecule has 2 aliphatic rings. The van der Waals surface area contributed by atoms with Gasteiger partial charge in [-0.25, -0.2) is 18.4 Å². The second-order valence-corrected chi connectivity index (χ2v) is 11.6. The summed E-state index contributed by atoms with van der Waals surface area (Å²) < 4.78 is 30.8. The quantitative estimate of drug-likeness (QED) is 0.488. The molecule has 1 aliphatic heterocycles. The van der Waals surface area contributed by atoms with Crippen LogP contribution in [0.2, 0.25) is 0 Å². The number of nitrogens with zero attached hydrogens (tertiary/aromatic N) is 4. The van der Waals surface area contributed by atoms with Gasteiger partial charge in [0.1, 0.15) is 5.75 Å². The van der Waals surface area contributed by atoms with Gasteiger partial charge in [-0.05, 0) is 31.0 Å². The van der Waals surface area contributed by atoms with Crippen LogP contribution in [0.25, 0.3) is 10.9 Å². The van der Waals surface area contributed by atoms with Gasteiger partial charge in [0.25, 0.3) is 0 Å². The van der Waals surface area contributed by atoms with Crippen LogP contribution in [0.5, 0.6) is 5.75 Å². The van der Waals surface area contributed by atoms with E-state index < -0.39 is 10.0 Å². The highest BCUT2D eigenvalue weighted by atomic mass is 32.2. The molecular formula is C26H34N6O3S. The third-order valence-corrected chi connectivity index (χ3v) is 8.38. The van der Waals surface area contributed by atoms with Gasteiger partial charge in [-0.15, -0.1) is 0 Å². The number of anilines is 4. The first-order chi connectivity index (χ1) is 17.4. The minimum Gasteiger partial charge on any atom is -0.494 e. The number of methoxy groups -OCH3 is 1. The third kappa shape index (κ3) is 5.49. The molecule has 2 fully saturated rings. The average Bonchev–Trinajstić information content (AvgIpc) is 2.89. The predicted octanol–water partition coefficient (Wildman–Crippen LogP) is 4.21. The minimum absolute atomic E-state index is 0.476. The van der Waals surface area contributed by atoms with E-state index >= 15 is 0 Å². The molecule has 1 aromatic heterocycles. The number of ether oxygens (including phenoxy) is 1. The number of hydrogen-bond donors (Lipinski definition) is 2. The topological polar surface area (TPSA) is 99.7 Å². The molecule has 1 saturated carbocycles. The van der Waals surface area contributed by atoms with Crippen LogP contribution in [-0.2, 0) is 10.0 Å². The molecule has 2 N–H and O–H groups in total. The number of para-hydroxylation sites is 1. The fourth-order valence-electron chi connectivity index (χ4n) is 5.08. The highest BCUT2D eigenvalue weighted by Crippen LogP contribution is 2.33. The van der Waals surface area contributed by atoms with Gasteiger partial charge < -0.3 is 20.3 Å². The highest BCUT2D eigenvalue weighted by Gasteiger charge is 2.24. The first-order valence-corrected chi connectivity index (χ1v) is 14.4. The van der Waals surface area contributed by atoms with Crippen LogP contribution in [0, 0.1) is 0 Å². The zero-order valence-electron chi connectivity index (χ0n) is 20.9. The number of piperazine rings is 1. The molecular weight excluding hydrogens is 476 g/mol. The Kier molecular flexibility index (Phi) is 7.15. The van der Waals surface area contributed by atoms with E-state index in [1.807, 2.05) is 36.5 Å². The highest BCUT2D eigenvalue weighted by molar-refractivity contribution is 7.88. The van der Waals surface area contributed by atoms with Crippen molar-refractivity contribution in [2.75, 3.05) is 55.1 Å². The lowest BCUT2D eigenvalue weighted by Crippen LogP contribution is -2.48. The number of rotatable bonds is 7. The largest absolute Gasteiger partial charge is 0.494 e. The van der Waals surface area contributed by atoms with Gasteiger partial charge >= 0.3 is 0 Å². The van der Waals surface area contributed by atoms with Gasteiger partial charge in [-0.3, -0.25) is 0 Å². The lowest BCUT2D eigenvalue weighted by Gasteiger charge is -2.35. The lowest BCUT2D eigenvalue weighted by atomic mass is 9.95. The Hall–Kier alpha value is -3.11. The van der Waals surface area contributed by atoms with Crippen molar-refractivity contribution in [1.29, 1.82) is 0 Å². The Morgan fingerprint density at radius 3 is 2.50 bits per heavy atom. The van der Waals surface area contributed by atoms with E-state index in [2.05, 4.69) is 26.6 Å². The smallest absolute Gasteiger partial charge is 0.227 e. The molecule has 36 heavy (non-hydrogen) atoms. The number of hydrogen-bond acceptors (Lipinski definition) is 8. The van der Waals surface area contributed by atoms with E-state index in [9.17, 15) is 8.42 Å². The van der Waals surface area contributed by atoms with E-state index in [0.29, 0.717) is 43.9 Å². The summed E-state index contributed by atoms with van der Waals surface area (Å²) in [4.78, 5) is 11.5. The normalized spacial score (nSPS) is 17.8. The SMILES string of the molecule is COc1cc(N2CCN(S(C)(=O)=O)CC2)ccc1Nc1ncc2cccc(NC3CCCCC3)c2n1. The number of fused-ring (bicyclic) bond motifs is 1. The molecule has 2 aromatic carbocycles. The molecule has 1 saturated heterocycles. The molecule has 0 radical (unpaired) electrons. The van der Waals surface area contributed by atoms with Crippen molar-refractivity contribution in [3.05, 3.63) is 42.6 Å². The minimum atomic E-state index is -3.16. The Bertz CT molecular complexity index is 1320. The van der Waals surface area contributed by atoms with Crippen molar-refractivity contribution >= 4 is 43.9 Å². The number of aromatic nitrogens is 2. The molecule has 0 spiro atoms. The molecule has 0 bridgehead atoms. The van der Waals surface area contributed by atoms with Gasteiger partial charge in [0, 0.05) is 55.6 Å². The molecule has 0 amide bonds. The molecule has 3 aromatic rings. The molecule has 0 atom stereocenters. The second-order valence-electron chi connectivity index (χ2n) is 9.57. The van der Waals surface area contributed by atoms with Crippen LogP contribution in [0.1, 0.15) is 32.1 Å². The summed E-state index contributed by atoms with van der Waals surface area (Å²) in [5.74, 6) is 1.18. The maximum absolute atomic E-state index is 11.8. The third-order valence-electron chi connectivity index (χ3n) is 7.08. The van der Waals surface area contributed by atoms with Gasteiger partial charge in [0.05, 0.1) is 30.3 Å². The maximum atomic E-state index is 11.8. The van der Waals surface area contributed by atoms with Crippen molar-refractivity contribution in [3.63, 3.8) is 0 Å². The van der Waals surface area contributed by atoms with Crippen molar-refractivity contribution < 1.29 is 13.2 Å². The molecule has 192 valence electrons. The molecule has 0 unspecified atom stereocenters. The average molecular weight is 511 g/mol. The molecule has 10 heteroatoms. The number of nitrogens with one attached hydrogen (secondary N) is 2. The van der Waals surface area contributed by atoms with Gasteiger partial charge in [-0.2, -0.15) is 4.31 Å². The molecule has 5 rings (SSSR count). The van der Waals surface area contributed by atoms with Gasteiger partial charge in [0.15, 0.2) is 0 Å². The molecule has 9 nitrogen and oxygen atoms in total. The van der Waals surface area contributed by atoms with E-state index in [-0.39, 0.29) is 0 Å². The Morgan fingerprint density at radius 2 is 1.78 bits per heavy atom.